The third kappa shape index (κ3) is 1.12. The Bertz CT molecular complexity index is 292. The lowest BCUT2D eigenvalue weighted by atomic mass is 9.98. The molecule has 1 aliphatic heterocycles. The van der Waals surface area contributed by atoms with E-state index in [2.05, 4.69) is 30.2 Å². The van der Waals surface area contributed by atoms with Crippen LogP contribution in [-0.4, -0.2) is 4.98 Å². The van der Waals surface area contributed by atoms with Crippen molar-refractivity contribution >= 4 is 0 Å². The molecule has 0 atom stereocenters. The summed E-state index contributed by atoms with van der Waals surface area (Å²) in [6.07, 6.45) is 1.92. The second-order valence-electron chi connectivity index (χ2n) is 3.58. The molecule has 1 aromatic heterocycles. The summed E-state index contributed by atoms with van der Waals surface area (Å²) in [7, 11) is 0. The number of aromatic nitrogens is 1. The summed E-state index contributed by atoms with van der Waals surface area (Å²) in [6.45, 7) is 6.40. The molecule has 2 rings (SSSR count). The molecule has 0 saturated carbocycles. The lowest BCUT2D eigenvalue weighted by molar-refractivity contribution is 0.751. The summed E-state index contributed by atoms with van der Waals surface area (Å²) >= 11 is 0. The van der Waals surface area contributed by atoms with Gasteiger partial charge in [0.15, 0.2) is 0 Å². The van der Waals surface area contributed by atoms with Gasteiger partial charge in [-0.25, -0.2) is 0 Å². The van der Waals surface area contributed by atoms with E-state index in [9.17, 15) is 0 Å². The maximum absolute atomic E-state index is 4.34. The molecule has 0 spiro atoms. The van der Waals surface area contributed by atoms with Crippen LogP contribution in [0.15, 0.2) is 12.3 Å². The predicted molar refractivity (Wildman–Crippen MR) is 48.9 cm³/mol. The van der Waals surface area contributed by atoms with Crippen molar-refractivity contribution in [3.63, 3.8) is 0 Å². The molecule has 0 radical (unpaired) electrons. The van der Waals surface area contributed by atoms with Gasteiger partial charge in [0.1, 0.15) is 0 Å². The van der Waals surface area contributed by atoms with Gasteiger partial charge in [0.2, 0.25) is 0 Å². The Labute approximate surface area is 73.0 Å². The van der Waals surface area contributed by atoms with Crippen LogP contribution >= 0.6 is 0 Å². The lowest BCUT2D eigenvalue weighted by Crippen LogP contribution is -2.01. The van der Waals surface area contributed by atoms with Crippen molar-refractivity contribution in [1.82, 2.24) is 10.3 Å². The molecule has 1 aliphatic rings. The molecule has 1 aromatic rings. The number of fused-ring (bicyclic) bond motifs is 1. The van der Waals surface area contributed by atoms with Gasteiger partial charge in [0.25, 0.3) is 0 Å². The number of nitrogens with zero attached hydrogens (tertiary/aromatic N) is 1. The molecule has 0 aromatic carbocycles. The number of pyridine rings is 1. The fourth-order valence-electron chi connectivity index (χ4n) is 1.76. The van der Waals surface area contributed by atoms with E-state index in [0.717, 1.165) is 13.1 Å². The second kappa shape index (κ2) is 2.87. The zero-order chi connectivity index (χ0) is 8.55. The number of hydrogen-bond acceptors (Lipinski definition) is 2. The highest BCUT2D eigenvalue weighted by Gasteiger charge is 2.16. The van der Waals surface area contributed by atoms with Crippen LogP contribution in [0.4, 0.5) is 0 Å². The first-order valence-corrected chi connectivity index (χ1v) is 4.46. The number of rotatable bonds is 1. The fraction of sp³-hybridized carbons (Fsp3) is 0.500. The second-order valence-corrected chi connectivity index (χ2v) is 3.58. The molecule has 0 fully saturated rings. The average Bonchev–Trinajstić information content (AvgIpc) is 2.49. The van der Waals surface area contributed by atoms with Gasteiger partial charge in [-0.15, -0.1) is 0 Å². The van der Waals surface area contributed by atoms with Gasteiger partial charge < -0.3 is 5.32 Å². The Morgan fingerprint density at radius 1 is 1.42 bits per heavy atom. The van der Waals surface area contributed by atoms with Crippen molar-refractivity contribution in [2.45, 2.75) is 32.9 Å². The molecule has 0 aliphatic carbocycles. The zero-order valence-corrected chi connectivity index (χ0v) is 7.59. The lowest BCUT2D eigenvalue weighted by Gasteiger charge is -2.09. The summed E-state index contributed by atoms with van der Waals surface area (Å²) in [5, 5.41) is 3.32. The van der Waals surface area contributed by atoms with E-state index in [1.165, 1.54) is 16.8 Å². The maximum atomic E-state index is 4.34. The Balaban J connectivity index is 2.49. The first-order valence-electron chi connectivity index (χ1n) is 4.46. The van der Waals surface area contributed by atoms with Crippen LogP contribution < -0.4 is 5.32 Å². The average molecular weight is 162 g/mol. The van der Waals surface area contributed by atoms with Crippen LogP contribution in [0.5, 0.6) is 0 Å². The topological polar surface area (TPSA) is 24.9 Å². The van der Waals surface area contributed by atoms with Gasteiger partial charge >= 0.3 is 0 Å². The molecular formula is C10H14N2. The van der Waals surface area contributed by atoms with Crippen LogP contribution in [0.1, 0.15) is 36.6 Å². The fourth-order valence-corrected chi connectivity index (χ4v) is 1.76. The summed E-state index contributed by atoms with van der Waals surface area (Å²) in [5.74, 6) is 0.613. The van der Waals surface area contributed by atoms with Crippen molar-refractivity contribution in [3.8, 4) is 0 Å². The highest BCUT2D eigenvalue weighted by Crippen LogP contribution is 2.23. The van der Waals surface area contributed by atoms with Gasteiger partial charge in [-0.2, -0.15) is 0 Å². The van der Waals surface area contributed by atoms with Crippen LogP contribution in [0, 0.1) is 0 Å². The number of nitrogens with one attached hydrogen (secondary N) is 1. The Morgan fingerprint density at radius 2 is 2.25 bits per heavy atom. The molecule has 0 amide bonds. The minimum Gasteiger partial charge on any atom is -0.307 e. The SMILES string of the molecule is CC(C)c1ccnc2c1CNC2. The highest BCUT2D eigenvalue weighted by molar-refractivity contribution is 5.34. The highest BCUT2D eigenvalue weighted by atomic mass is 14.9. The minimum absolute atomic E-state index is 0.613. The molecule has 2 nitrogen and oxygen atoms in total. The van der Waals surface area contributed by atoms with E-state index in [1.807, 2.05) is 6.20 Å². The summed E-state index contributed by atoms with van der Waals surface area (Å²) in [6, 6.07) is 2.14. The van der Waals surface area contributed by atoms with E-state index >= 15 is 0 Å². The van der Waals surface area contributed by atoms with Gasteiger partial charge in [-0.3, -0.25) is 4.98 Å². The smallest absolute Gasteiger partial charge is 0.0589 e. The van der Waals surface area contributed by atoms with Crippen molar-refractivity contribution in [1.29, 1.82) is 0 Å². The normalized spacial score (nSPS) is 15.2. The molecule has 64 valence electrons. The van der Waals surface area contributed by atoms with Crippen LogP contribution in [0.2, 0.25) is 0 Å². The first kappa shape index (κ1) is 7.74. The molecule has 2 heterocycles. The molecule has 0 bridgehead atoms. The van der Waals surface area contributed by atoms with E-state index < -0.39 is 0 Å². The van der Waals surface area contributed by atoms with Crippen molar-refractivity contribution in [2.24, 2.45) is 0 Å². The van der Waals surface area contributed by atoms with E-state index in [0.29, 0.717) is 5.92 Å². The van der Waals surface area contributed by atoms with Crippen molar-refractivity contribution in [2.75, 3.05) is 0 Å². The largest absolute Gasteiger partial charge is 0.307 e. The van der Waals surface area contributed by atoms with Gasteiger partial charge in [-0.1, -0.05) is 13.8 Å². The molecule has 0 unspecified atom stereocenters. The molecular weight excluding hydrogens is 148 g/mol. The zero-order valence-electron chi connectivity index (χ0n) is 7.59. The first-order chi connectivity index (χ1) is 5.79. The van der Waals surface area contributed by atoms with Crippen molar-refractivity contribution < 1.29 is 0 Å². The van der Waals surface area contributed by atoms with Gasteiger partial charge in [0, 0.05) is 19.3 Å². The minimum atomic E-state index is 0.613. The van der Waals surface area contributed by atoms with Crippen LogP contribution in [0.3, 0.4) is 0 Å². The predicted octanol–water partition coefficient (Wildman–Crippen LogP) is 1.81. The third-order valence-electron chi connectivity index (χ3n) is 2.40. The van der Waals surface area contributed by atoms with E-state index in [1.54, 1.807) is 0 Å². The van der Waals surface area contributed by atoms with Crippen molar-refractivity contribution in [3.05, 3.63) is 29.1 Å². The molecule has 12 heavy (non-hydrogen) atoms. The monoisotopic (exact) mass is 162 g/mol. The Kier molecular flexibility index (Phi) is 1.85. The maximum Gasteiger partial charge on any atom is 0.0589 e. The summed E-state index contributed by atoms with van der Waals surface area (Å²) in [4.78, 5) is 4.34. The molecule has 0 saturated heterocycles. The van der Waals surface area contributed by atoms with Crippen LogP contribution in [-0.2, 0) is 13.1 Å². The third-order valence-corrected chi connectivity index (χ3v) is 2.40. The van der Waals surface area contributed by atoms with Gasteiger partial charge in [0.05, 0.1) is 5.69 Å². The van der Waals surface area contributed by atoms with E-state index in [-0.39, 0.29) is 0 Å². The summed E-state index contributed by atoms with van der Waals surface area (Å²) in [5.41, 5.74) is 4.11. The van der Waals surface area contributed by atoms with Gasteiger partial charge in [-0.05, 0) is 23.1 Å². The van der Waals surface area contributed by atoms with E-state index in [4.69, 9.17) is 0 Å². The molecule has 2 heteroatoms. The standard InChI is InChI=1S/C10H14N2/c1-7(2)8-3-4-12-10-6-11-5-9(8)10/h3-4,7,11H,5-6H2,1-2H3. The van der Waals surface area contributed by atoms with Crippen LogP contribution in [0.25, 0.3) is 0 Å². The Hall–Kier alpha value is -0.890. The number of hydrogen-bond donors (Lipinski definition) is 1. The Morgan fingerprint density at radius 3 is 3.00 bits per heavy atom. The molecule has 1 N–H and O–H groups in total. The quantitative estimate of drug-likeness (QED) is 0.681. The summed E-state index contributed by atoms with van der Waals surface area (Å²) < 4.78 is 0.